The molecule has 1 aliphatic rings. The van der Waals surface area contributed by atoms with Crippen LogP contribution in [-0.4, -0.2) is 16.1 Å². The molecule has 0 heterocycles. The first kappa shape index (κ1) is 36.8. The van der Waals surface area contributed by atoms with Crippen molar-refractivity contribution < 1.29 is 0 Å². The van der Waals surface area contributed by atoms with Gasteiger partial charge in [0.15, 0.2) is 0 Å². The average molecular weight is 751 g/mol. The molecular weight excluding hydrogens is 697 g/mol. The van der Waals surface area contributed by atoms with Crippen LogP contribution in [0.5, 0.6) is 0 Å². The van der Waals surface area contributed by atoms with E-state index in [1.54, 1.807) is 5.56 Å². The zero-order valence-corrected chi connectivity index (χ0v) is 36.3. The van der Waals surface area contributed by atoms with Crippen LogP contribution in [0.15, 0.2) is 146 Å². The Morgan fingerprint density at radius 3 is 1.40 bits per heavy atom. The number of benzene rings is 7. The lowest BCUT2D eigenvalue weighted by molar-refractivity contribution is 0.961. The fraction of sp³-hybridized carbons (Fsp3) is 0.216. The minimum Gasteiger partial charge on any atom is -0.310 e. The molecule has 7 aromatic rings. The topological polar surface area (TPSA) is 6.48 Å². The molecule has 0 spiro atoms. The second-order valence-electron chi connectivity index (χ2n) is 17.8. The van der Waals surface area contributed by atoms with Crippen LogP contribution in [0, 0.1) is 27.7 Å². The van der Waals surface area contributed by atoms with Gasteiger partial charge in [-0.15, -0.1) is 0 Å². The first-order valence-corrected chi connectivity index (χ1v) is 26.8. The maximum absolute atomic E-state index is 2.63. The van der Waals surface area contributed by atoms with Crippen molar-refractivity contribution in [1.82, 2.24) is 0 Å². The van der Waals surface area contributed by atoms with E-state index in [2.05, 4.69) is 222 Å². The Labute approximate surface area is 331 Å². The van der Waals surface area contributed by atoms with E-state index in [0.29, 0.717) is 0 Å². The van der Waals surface area contributed by atoms with Gasteiger partial charge in [-0.3, -0.25) is 0 Å². The zero-order chi connectivity index (χ0) is 38.9. The molecule has 7 aromatic carbocycles. The summed E-state index contributed by atoms with van der Waals surface area (Å²) in [4.78, 5) is 4.92. The molecule has 0 radical (unpaired) electrons. The van der Waals surface area contributed by atoms with Gasteiger partial charge in [-0.05, 0) is 144 Å². The number of aryl methyl sites for hydroxylation is 4. The normalized spacial score (nSPS) is 13.4. The summed E-state index contributed by atoms with van der Waals surface area (Å²) in [6.45, 7) is 24.6. The predicted molar refractivity (Wildman–Crippen MR) is 245 cm³/mol. The molecule has 0 N–H and O–H groups in total. The lowest BCUT2D eigenvalue weighted by Gasteiger charge is -2.51. The molecule has 55 heavy (non-hydrogen) atoms. The number of rotatable bonds is 8. The van der Waals surface area contributed by atoms with Crippen molar-refractivity contribution in [2.75, 3.05) is 9.80 Å². The van der Waals surface area contributed by atoms with Crippen LogP contribution >= 0.6 is 0 Å². The minimum atomic E-state index is -1.99. The molecule has 0 bridgehead atoms. The van der Waals surface area contributed by atoms with E-state index >= 15 is 0 Å². The molecule has 0 amide bonds. The number of para-hydroxylation sites is 2. The van der Waals surface area contributed by atoms with Gasteiger partial charge < -0.3 is 9.80 Å². The van der Waals surface area contributed by atoms with Crippen LogP contribution in [0.3, 0.4) is 0 Å². The Morgan fingerprint density at radius 1 is 0.418 bits per heavy atom. The lowest BCUT2D eigenvalue weighted by Crippen LogP contribution is -2.63. The van der Waals surface area contributed by atoms with E-state index in [-0.39, 0.29) is 4.66 Å². The van der Waals surface area contributed by atoms with Crippen LogP contribution < -0.4 is 9.80 Å². The van der Waals surface area contributed by atoms with Crippen molar-refractivity contribution in [2.24, 2.45) is 0 Å². The van der Waals surface area contributed by atoms with Crippen molar-refractivity contribution >= 4 is 61.0 Å². The Balaban J connectivity index is 1.38. The smallest absolute Gasteiger partial charge is 0.0579 e. The standard InChI is InChI=1S/C51H54N2Si2/c1-35-21-23-37(3)48(31-35)52(40-17-13-11-14-18-40)42-26-29-44-39(33-42)25-28-46-45-30-27-43(34-47(45)51(50(44)46,54(5,6)7)55(8,9)10)53(41-19-15-12-16-20-41)49-32-36(2)22-24-38(49)4/h11-34H,1-10H3. The Hall–Kier alpha value is -5.17. The second kappa shape index (κ2) is 13.5. The van der Waals surface area contributed by atoms with Gasteiger partial charge in [-0.25, -0.2) is 0 Å². The van der Waals surface area contributed by atoms with Crippen LogP contribution in [0.2, 0.25) is 39.3 Å². The van der Waals surface area contributed by atoms with Crippen LogP contribution in [0.1, 0.15) is 33.4 Å². The van der Waals surface area contributed by atoms with E-state index in [1.165, 1.54) is 83.8 Å². The number of hydrogen-bond acceptors (Lipinski definition) is 2. The zero-order valence-electron chi connectivity index (χ0n) is 34.3. The van der Waals surface area contributed by atoms with Crippen LogP contribution in [-0.2, 0) is 4.66 Å². The quantitative estimate of drug-likeness (QED) is 0.143. The van der Waals surface area contributed by atoms with Crippen molar-refractivity contribution in [3.8, 4) is 11.1 Å². The summed E-state index contributed by atoms with van der Waals surface area (Å²) in [5, 5.41) is 2.70. The summed E-state index contributed by atoms with van der Waals surface area (Å²) in [6, 6.07) is 54.9. The molecule has 0 aliphatic heterocycles. The third-order valence-corrected chi connectivity index (χ3v) is 22.1. The summed E-state index contributed by atoms with van der Waals surface area (Å²) in [5.41, 5.74) is 18.2. The third kappa shape index (κ3) is 5.98. The summed E-state index contributed by atoms with van der Waals surface area (Å²) in [7, 11) is -3.97. The van der Waals surface area contributed by atoms with Gasteiger partial charge in [0.05, 0.1) is 16.1 Å². The summed E-state index contributed by atoms with van der Waals surface area (Å²) in [6.07, 6.45) is 0. The fourth-order valence-electron chi connectivity index (χ4n) is 10.0. The van der Waals surface area contributed by atoms with Crippen molar-refractivity contribution in [1.29, 1.82) is 0 Å². The van der Waals surface area contributed by atoms with E-state index in [0.717, 1.165) is 0 Å². The van der Waals surface area contributed by atoms with Gasteiger partial charge in [0, 0.05) is 38.8 Å². The highest BCUT2D eigenvalue weighted by molar-refractivity contribution is 7.00. The maximum atomic E-state index is 2.63. The van der Waals surface area contributed by atoms with Gasteiger partial charge in [0.1, 0.15) is 0 Å². The Kier molecular flexibility index (Phi) is 9.06. The molecule has 4 heteroatoms. The van der Waals surface area contributed by atoms with Crippen molar-refractivity contribution in [3.05, 3.63) is 179 Å². The van der Waals surface area contributed by atoms with Crippen LogP contribution in [0.4, 0.5) is 34.1 Å². The first-order valence-electron chi connectivity index (χ1n) is 19.8. The molecule has 0 fully saturated rings. The van der Waals surface area contributed by atoms with Gasteiger partial charge in [0.25, 0.3) is 0 Å². The van der Waals surface area contributed by atoms with E-state index in [9.17, 15) is 0 Å². The summed E-state index contributed by atoms with van der Waals surface area (Å²) in [5.74, 6) is 0. The van der Waals surface area contributed by atoms with Gasteiger partial charge in [-0.1, -0.05) is 124 Å². The van der Waals surface area contributed by atoms with Gasteiger partial charge in [0.2, 0.25) is 0 Å². The minimum absolute atomic E-state index is 0.0298. The average Bonchev–Trinajstić information content (AvgIpc) is 3.47. The summed E-state index contributed by atoms with van der Waals surface area (Å²) >= 11 is 0. The first-order chi connectivity index (χ1) is 26.2. The van der Waals surface area contributed by atoms with Gasteiger partial charge in [-0.2, -0.15) is 0 Å². The largest absolute Gasteiger partial charge is 0.310 e. The number of hydrogen-bond donors (Lipinski definition) is 0. The van der Waals surface area contributed by atoms with E-state index in [1.807, 2.05) is 0 Å². The van der Waals surface area contributed by atoms with E-state index < -0.39 is 16.1 Å². The molecule has 276 valence electrons. The van der Waals surface area contributed by atoms with Crippen LogP contribution in [0.25, 0.3) is 21.9 Å². The Morgan fingerprint density at radius 2 is 0.891 bits per heavy atom. The molecule has 1 aliphatic carbocycles. The molecular formula is C51H54N2Si2. The third-order valence-electron chi connectivity index (χ3n) is 12.1. The molecule has 8 rings (SSSR count). The predicted octanol–water partition coefficient (Wildman–Crippen LogP) is 15.0. The SMILES string of the molecule is Cc1ccc(C)c(N(c2ccccc2)c2ccc3c(c2)C([Si](C)(C)C)([Si](C)(C)C)c2c-3ccc3cc(N(c4ccccc4)c4cc(C)ccc4C)ccc23)c1. The summed E-state index contributed by atoms with van der Waals surface area (Å²) < 4.78 is -0.0298. The fourth-order valence-corrected chi connectivity index (χ4v) is 23.1. The monoisotopic (exact) mass is 750 g/mol. The van der Waals surface area contributed by atoms with Gasteiger partial charge >= 0.3 is 0 Å². The second-order valence-corrected chi connectivity index (χ2v) is 28.8. The highest BCUT2D eigenvalue weighted by Gasteiger charge is 2.59. The maximum Gasteiger partial charge on any atom is 0.0579 e. The molecule has 2 nitrogen and oxygen atoms in total. The highest BCUT2D eigenvalue weighted by atomic mass is 28.4. The van der Waals surface area contributed by atoms with E-state index in [4.69, 9.17) is 0 Å². The molecule has 0 aromatic heterocycles. The Bertz CT molecular complexity index is 2550. The highest BCUT2D eigenvalue weighted by Crippen LogP contribution is 2.61. The molecule has 0 saturated heterocycles. The van der Waals surface area contributed by atoms with Crippen molar-refractivity contribution in [2.45, 2.75) is 71.6 Å². The number of anilines is 6. The molecule has 0 saturated carbocycles. The number of nitrogens with zero attached hydrogens (tertiary/aromatic N) is 2. The molecule has 0 atom stereocenters. The lowest BCUT2D eigenvalue weighted by atomic mass is 9.97. The van der Waals surface area contributed by atoms with Crippen molar-refractivity contribution in [3.63, 3.8) is 0 Å². The molecule has 0 unspecified atom stereocenters. The number of fused-ring (bicyclic) bond motifs is 5.